The van der Waals surface area contributed by atoms with Gasteiger partial charge in [-0.2, -0.15) is 0 Å². The molecule has 0 spiro atoms. The zero-order valence-corrected chi connectivity index (χ0v) is 21.6. The molecule has 0 radical (unpaired) electrons. The number of unbranched alkanes of at least 4 members (excludes halogenated alkanes) is 1. The topological polar surface area (TPSA) is 257 Å². The van der Waals surface area contributed by atoms with Crippen LogP contribution in [0.5, 0.6) is 0 Å². The summed E-state index contributed by atoms with van der Waals surface area (Å²) in [5.41, 5.74) is 17.4. The van der Waals surface area contributed by atoms with Crippen molar-refractivity contribution in [3.05, 3.63) is 35.9 Å². The SMILES string of the molecule is NCCCCC(NC(=O)C(CCC(N)=O)NC(=O)C(CCC(=O)O)NC(=O)C(N)Cc1ccccc1)C(=O)O. The molecule has 0 aliphatic heterocycles. The van der Waals surface area contributed by atoms with Crippen LogP contribution in [0.4, 0.5) is 0 Å². The molecule has 11 N–H and O–H groups in total. The number of amides is 4. The summed E-state index contributed by atoms with van der Waals surface area (Å²) in [4.78, 5) is 72.7. The Morgan fingerprint density at radius 3 is 1.79 bits per heavy atom. The normalized spacial score (nSPS) is 13.8. The maximum absolute atomic E-state index is 13.1. The smallest absolute Gasteiger partial charge is 0.326 e. The highest BCUT2D eigenvalue weighted by atomic mass is 16.4. The molecule has 0 aliphatic carbocycles. The molecule has 0 heterocycles. The van der Waals surface area contributed by atoms with Gasteiger partial charge in [0.15, 0.2) is 0 Å². The van der Waals surface area contributed by atoms with Crippen molar-refractivity contribution in [1.29, 1.82) is 0 Å². The number of hydrogen-bond acceptors (Lipinski definition) is 8. The van der Waals surface area contributed by atoms with Crippen molar-refractivity contribution in [2.75, 3.05) is 6.54 Å². The number of benzene rings is 1. The molecule has 0 bridgehead atoms. The van der Waals surface area contributed by atoms with Crippen molar-refractivity contribution >= 4 is 35.6 Å². The van der Waals surface area contributed by atoms with Crippen molar-refractivity contribution < 1.29 is 39.0 Å². The number of aliphatic carboxylic acids is 2. The maximum atomic E-state index is 13.1. The van der Waals surface area contributed by atoms with Crippen molar-refractivity contribution in [2.45, 2.75) is 75.5 Å². The van der Waals surface area contributed by atoms with E-state index in [4.69, 9.17) is 22.3 Å². The third-order valence-corrected chi connectivity index (χ3v) is 5.79. The van der Waals surface area contributed by atoms with Crippen molar-refractivity contribution in [3.8, 4) is 0 Å². The molecular formula is C25H38N6O8. The fraction of sp³-hybridized carbons (Fsp3) is 0.520. The molecule has 4 amide bonds. The standard InChI is InChI=1S/C25H38N6O8/c26-13-5-4-8-19(25(38)39)31-24(37)17(9-11-20(28)32)30-23(36)18(10-12-21(33)34)29-22(35)16(27)14-15-6-2-1-3-7-15/h1-3,6-7,16-19H,4-5,8-14,26-27H2,(H2,28,32)(H,29,35)(H,30,36)(H,31,37)(H,33,34)(H,38,39). The second kappa shape index (κ2) is 17.5. The Bertz CT molecular complexity index is 990. The van der Waals surface area contributed by atoms with Gasteiger partial charge in [-0.25, -0.2) is 4.79 Å². The summed E-state index contributed by atoms with van der Waals surface area (Å²) in [7, 11) is 0. The zero-order valence-electron chi connectivity index (χ0n) is 21.6. The number of carboxylic acids is 2. The van der Waals surface area contributed by atoms with E-state index in [0.29, 0.717) is 19.4 Å². The van der Waals surface area contributed by atoms with Gasteiger partial charge in [-0.05, 0) is 50.6 Å². The molecule has 216 valence electrons. The molecule has 1 aromatic carbocycles. The van der Waals surface area contributed by atoms with Gasteiger partial charge in [-0.15, -0.1) is 0 Å². The summed E-state index contributed by atoms with van der Waals surface area (Å²) >= 11 is 0. The van der Waals surface area contributed by atoms with Gasteiger partial charge >= 0.3 is 11.9 Å². The highest BCUT2D eigenvalue weighted by Crippen LogP contribution is 2.07. The number of carboxylic acid groups (broad SMARTS) is 2. The van der Waals surface area contributed by atoms with Gasteiger partial charge < -0.3 is 43.4 Å². The van der Waals surface area contributed by atoms with E-state index >= 15 is 0 Å². The third kappa shape index (κ3) is 13.4. The number of primary amides is 1. The first kappa shape index (κ1) is 33.0. The minimum Gasteiger partial charge on any atom is -0.481 e. The highest BCUT2D eigenvalue weighted by Gasteiger charge is 2.30. The van der Waals surface area contributed by atoms with Crippen LogP contribution in [0.2, 0.25) is 0 Å². The largest absolute Gasteiger partial charge is 0.481 e. The van der Waals surface area contributed by atoms with Gasteiger partial charge in [0, 0.05) is 12.8 Å². The molecule has 0 saturated heterocycles. The van der Waals surface area contributed by atoms with E-state index in [1.807, 2.05) is 0 Å². The lowest BCUT2D eigenvalue weighted by molar-refractivity contribution is -0.142. The van der Waals surface area contributed by atoms with Crippen molar-refractivity contribution in [3.63, 3.8) is 0 Å². The van der Waals surface area contributed by atoms with Gasteiger partial charge in [0.2, 0.25) is 23.6 Å². The number of hydrogen-bond donors (Lipinski definition) is 8. The molecule has 14 heteroatoms. The van der Waals surface area contributed by atoms with Gasteiger partial charge in [0.1, 0.15) is 18.1 Å². The predicted molar refractivity (Wildman–Crippen MR) is 140 cm³/mol. The number of carbonyl (C=O) groups excluding carboxylic acids is 4. The quantitative estimate of drug-likeness (QED) is 0.0910. The molecule has 14 nitrogen and oxygen atoms in total. The Morgan fingerprint density at radius 2 is 1.28 bits per heavy atom. The Labute approximate surface area is 226 Å². The van der Waals surface area contributed by atoms with Crippen molar-refractivity contribution in [1.82, 2.24) is 16.0 Å². The predicted octanol–water partition coefficient (Wildman–Crippen LogP) is -1.65. The van der Waals surface area contributed by atoms with E-state index in [-0.39, 0.29) is 32.1 Å². The second-order valence-electron chi connectivity index (χ2n) is 9.04. The van der Waals surface area contributed by atoms with Crippen LogP contribution in [0.3, 0.4) is 0 Å². The van der Waals surface area contributed by atoms with Crippen LogP contribution in [0, 0.1) is 0 Å². The van der Waals surface area contributed by atoms with E-state index in [9.17, 15) is 33.9 Å². The van der Waals surface area contributed by atoms with Crippen LogP contribution >= 0.6 is 0 Å². The van der Waals surface area contributed by atoms with Crippen LogP contribution in [0.15, 0.2) is 30.3 Å². The summed E-state index contributed by atoms with van der Waals surface area (Å²) in [6.07, 6.45) is -0.141. The van der Waals surface area contributed by atoms with Gasteiger partial charge in [0.05, 0.1) is 6.04 Å². The first-order valence-corrected chi connectivity index (χ1v) is 12.6. The molecular weight excluding hydrogens is 512 g/mol. The van der Waals surface area contributed by atoms with E-state index < -0.39 is 66.2 Å². The van der Waals surface area contributed by atoms with Crippen LogP contribution in [-0.4, -0.2) is 76.5 Å². The second-order valence-corrected chi connectivity index (χ2v) is 9.04. The van der Waals surface area contributed by atoms with E-state index in [0.717, 1.165) is 5.56 Å². The Kier molecular flexibility index (Phi) is 14.8. The fourth-order valence-corrected chi connectivity index (χ4v) is 3.63. The summed E-state index contributed by atoms with van der Waals surface area (Å²) in [6.45, 7) is 0.343. The number of rotatable bonds is 19. The van der Waals surface area contributed by atoms with E-state index in [1.54, 1.807) is 30.3 Å². The van der Waals surface area contributed by atoms with Crippen LogP contribution in [0.1, 0.15) is 50.5 Å². The molecule has 0 fully saturated rings. The van der Waals surface area contributed by atoms with Crippen molar-refractivity contribution in [2.24, 2.45) is 17.2 Å². The van der Waals surface area contributed by atoms with Gasteiger partial charge in [-0.3, -0.25) is 24.0 Å². The first-order chi connectivity index (χ1) is 18.4. The third-order valence-electron chi connectivity index (χ3n) is 5.79. The zero-order chi connectivity index (χ0) is 29.4. The van der Waals surface area contributed by atoms with Crippen LogP contribution in [0.25, 0.3) is 0 Å². The minimum atomic E-state index is -1.39. The lowest BCUT2D eigenvalue weighted by Crippen LogP contribution is -2.57. The molecule has 0 saturated carbocycles. The molecule has 39 heavy (non-hydrogen) atoms. The number of carbonyl (C=O) groups is 6. The summed E-state index contributed by atoms with van der Waals surface area (Å²) in [5, 5.41) is 25.7. The van der Waals surface area contributed by atoms with E-state index in [1.165, 1.54) is 0 Å². The van der Waals surface area contributed by atoms with E-state index in [2.05, 4.69) is 16.0 Å². The van der Waals surface area contributed by atoms with Gasteiger partial charge in [-0.1, -0.05) is 30.3 Å². The lowest BCUT2D eigenvalue weighted by Gasteiger charge is -2.25. The summed E-state index contributed by atoms with van der Waals surface area (Å²) in [6, 6.07) is 3.80. The minimum absolute atomic E-state index is 0.0886. The Morgan fingerprint density at radius 1 is 0.744 bits per heavy atom. The number of nitrogens with one attached hydrogen (secondary N) is 3. The molecule has 1 aromatic rings. The highest BCUT2D eigenvalue weighted by molar-refractivity contribution is 5.94. The lowest BCUT2D eigenvalue weighted by atomic mass is 10.0. The number of nitrogens with two attached hydrogens (primary N) is 3. The van der Waals surface area contributed by atoms with Gasteiger partial charge in [0.25, 0.3) is 0 Å². The maximum Gasteiger partial charge on any atom is 0.326 e. The summed E-state index contributed by atoms with van der Waals surface area (Å²) in [5.74, 6) is -5.78. The molecule has 0 aliphatic rings. The van der Waals surface area contributed by atoms with Crippen LogP contribution < -0.4 is 33.2 Å². The molecule has 0 aromatic heterocycles. The fourth-order valence-electron chi connectivity index (χ4n) is 3.63. The molecule has 4 atom stereocenters. The average Bonchev–Trinajstić information content (AvgIpc) is 2.88. The molecule has 4 unspecified atom stereocenters. The van der Waals surface area contributed by atoms with Crippen LogP contribution in [-0.2, 0) is 35.2 Å². The monoisotopic (exact) mass is 550 g/mol. The Hall–Kier alpha value is -4.04. The average molecular weight is 551 g/mol. The Balaban J connectivity index is 3.00. The molecule has 1 rings (SSSR count). The summed E-state index contributed by atoms with van der Waals surface area (Å²) < 4.78 is 0. The first-order valence-electron chi connectivity index (χ1n) is 12.6.